The molecule has 3 atom stereocenters. The summed E-state index contributed by atoms with van der Waals surface area (Å²) in [5.74, 6) is 0. The maximum absolute atomic E-state index is 11.9. The molecule has 5 nitrogen and oxygen atoms in total. The molecule has 2 aliphatic heterocycles. The largest absolute Gasteiger partial charge is 0.374 e. The van der Waals surface area contributed by atoms with E-state index in [4.69, 9.17) is 4.74 Å². The van der Waals surface area contributed by atoms with E-state index in [0.29, 0.717) is 6.04 Å². The van der Waals surface area contributed by atoms with Crippen molar-refractivity contribution in [2.75, 3.05) is 27.2 Å². The van der Waals surface area contributed by atoms with E-state index in [2.05, 4.69) is 27.0 Å². The highest BCUT2D eigenvalue weighted by atomic mass is 32.1. The number of thiophene rings is 1. The van der Waals surface area contributed by atoms with Gasteiger partial charge in [0, 0.05) is 39.8 Å². The number of carbonyl (C=O) groups is 1. The summed E-state index contributed by atoms with van der Waals surface area (Å²) in [6.45, 7) is 2.62. The fourth-order valence-electron chi connectivity index (χ4n) is 3.27. The van der Waals surface area contributed by atoms with Gasteiger partial charge in [0.05, 0.1) is 12.1 Å². The molecule has 3 rings (SSSR count). The summed E-state index contributed by atoms with van der Waals surface area (Å²) < 4.78 is 5.97. The average molecular weight is 309 g/mol. The molecule has 0 aliphatic carbocycles. The van der Waals surface area contributed by atoms with E-state index in [1.54, 1.807) is 30.3 Å². The minimum Gasteiger partial charge on any atom is -0.374 e. The number of nitrogens with one attached hydrogen (secondary N) is 1. The van der Waals surface area contributed by atoms with E-state index in [-0.39, 0.29) is 18.2 Å². The Labute approximate surface area is 129 Å². The van der Waals surface area contributed by atoms with Gasteiger partial charge in [0.1, 0.15) is 0 Å². The Morgan fingerprint density at radius 3 is 3.14 bits per heavy atom. The van der Waals surface area contributed by atoms with E-state index < -0.39 is 0 Å². The Balaban J connectivity index is 1.69. The topological polar surface area (TPSA) is 44.8 Å². The van der Waals surface area contributed by atoms with Crippen molar-refractivity contribution in [2.45, 2.75) is 37.6 Å². The molecule has 0 aromatic carbocycles. The van der Waals surface area contributed by atoms with Crippen LogP contribution >= 0.6 is 11.3 Å². The van der Waals surface area contributed by atoms with Crippen molar-refractivity contribution in [1.29, 1.82) is 0 Å². The number of fused-ring (bicyclic) bond motifs is 1. The molecule has 2 fully saturated rings. The number of hydrogen-bond acceptors (Lipinski definition) is 4. The summed E-state index contributed by atoms with van der Waals surface area (Å²) in [7, 11) is 3.54. The van der Waals surface area contributed by atoms with Crippen LogP contribution in [0.2, 0.25) is 0 Å². The molecule has 2 amide bonds. The van der Waals surface area contributed by atoms with Gasteiger partial charge in [0.2, 0.25) is 0 Å². The zero-order valence-electron chi connectivity index (χ0n) is 12.6. The van der Waals surface area contributed by atoms with Crippen molar-refractivity contribution in [2.24, 2.45) is 0 Å². The standard InChI is InChI=1S/C15H23N3O2S/c1-17(2)15(19)16-12-9-18(8-11-5-7-21-10-11)13-4-3-6-20-14(12)13/h5,7,10,12-14H,3-4,6,8-9H2,1-2H3,(H,16,19)/t12-,13+,14+/m0/s1. The fraction of sp³-hybridized carbons (Fsp3) is 0.667. The third kappa shape index (κ3) is 3.22. The molecule has 1 aromatic rings. The fourth-order valence-corrected chi connectivity index (χ4v) is 3.93. The van der Waals surface area contributed by atoms with Crippen molar-refractivity contribution in [1.82, 2.24) is 15.1 Å². The Morgan fingerprint density at radius 2 is 2.43 bits per heavy atom. The first-order valence-corrected chi connectivity index (χ1v) is 8.44. The molecule has 0 unspecified atom stereocenters. The minimum atomic E-state index is -0.0368. The van der Waals surface area contributed by atoms with Gasteiger partial charge in [-0.25, -0.2) is 4.79 Å². The Kier molecular flexibility index (Phi) is 4.47. The average Bonchev–Trinajstić information content (AvgIpc) is 3.09. The number of carbonyl (C=O) groups excluding carboxylic acids is 1. The Bertz CT molecular complexity index is 477. The van der Waals surface area contributed by atoms with Crippen LogP contribution in [-0.2, 0) is 11.3 Å². The molecule has 0 bridgehead atoms. The number of amides is 2. The summed E-state index contributed by atoms with van der Waals surface area (Å²) >= 11 is 1.73. The normalized spacial score (nSPS) is 29.1. The van der Waals surface area contributed by atoms with Gasteiger partial charge in [-0.3, -0.25) is 4.90 Å². The lowest BCUT2D eigenvalue weighted by Crippen LogP contribution is -2.50. The van der Waals surface area contributed by atoms with E-state index in [1.165, 1.54) is 5.56 Å². The Morgan fingerprint density at radius 1 is 1.57 bits per heavy atom. The van der Waals surface area contributed by atoms with Crippen molar-refractivity contribution < 1.29 is 9.53 Å². The quantitative estimate of drug-likeness (QED) is 0.925. The second-order valence-corrected chi connectivity index (χ2v) is 6.84. The van der Waals surface area contributed by atoms with Gasteiger partial charge in [-0.1, -0.05) is 0 Å². The van der Waals surface area contributed by atoms with Crippen LogP contribution in [0.1, 0.15) is 18.4 Å². The van der Waals surface area contributed by atoms with Gasteiger partial charge < -0.3 is 15.0 Å². The van der Waals surface area contributed by atoms with Crippen LogP contribution in [0.4, 0.5) is 4.79 Å². The minimum absolute atomic E-state index is 0.0368. The number of urea groups is 1. The predicted octanol–water partition coefficient (Wildman–Crippen LogP) is 1.75. The van der Waals surface area contributed by atoms with E-state index in [0.717, 1.165) is 32.5 Å². The maximum atomic E-state index is 11.9. The highest BCUT2D eigenvalue weighted by Crippen LogP contribution is 2.30. The SMILES string of the molecule is CN(C)C(=O)N[C@H]1CN(Cc2ccsc2)[C@@H]2CCCO[C@H]12. The monoisotopic (exact) mass is 309 g/mol. The van der Waals surface area contributed by atoms with Crippen molar-refractivity contribution >= 4 is 17.4 Å². The van der Waals surface area contributed by atoms with Crippen LogP contribution in [0, 0.1) is 0 Å². The van der Waals surface area contributed by atoms with Gasteiger partial charge in [-0.2, -0.15) is 11.3 Å². The number of nitrogens with zero attached hydrogens (tertiary/aromatic N) is 2. The van der Waals surface area contributed by atoms with Crippen LogP contribution in [0.15, 0.2) is 16.8 Å². The highest BCUT2D eigenvalue weighted by Gasteiger charge is 2.44. The first-order valence-electron chi connectivity index (χ1n) is 7.49. The number of likely N-dealkylation sites (tertiary alicyclic amines) is 1. The summed E-state index contributed by atoms with van der Waals surface area (Å²) in [6.07, 6.45) is 2.39. The lowest BCUT2D eigenvalue weighted by atomic mass is 10.0. The molecule has 2 saturated heterocycles. The molecular formula is C15H23N3O2S. The molecule has 116 valence electrons. The van der Waals surface area contributed by atoms with E-state index >= 15 is 0 Å². The molecule has 21 heavy (non-hydrogen) atoms. The molecule has 3 heterocycles. The molecule has 0 radical (unpaired) electrons. The van der Waals surface area contributed by atoms with Gasteiger partial charge in [0.15, 0.2) is 0 Å². The first kappa shape index (κ1) is 14.8. The third-order valence-corrected chi connectivity index (χ3v) is 5.04. The number of ether oxygens (including phenoxy) is 1. The van der Waals surface area contributed by atoms with Crippen LogP contribution in [0.5, 0.6) is 0 Å². The van der Waals surface area contributed by atoms with Gasteiger partial charge in [-0.05, 0) is 35.2 Å². The Hall–Kier alpha value is -1.11. The lowest BCUT2D eigenvalue weighted by Gasteiger charge is -2.32. The highest BCUT2D eigenvalue weighted by molar-refractivity contribution is 7.07. The summed E-state index contributed by atoms with van der Waals surface area (Å²) in [5, 5.41) is 7.43. The van der Waals surface area contributed by atoms with E-state index in [9.17, 15) is 4.79 Å². The van der Waals surface area contributed by atoms with Crippen LogP contribution in [0.25, 0.3) is 0 Å². The summed E-state index contributed by atoms with van der Waals surface area (Å²) in [6, 6.07) is 2.65. The lowest BCUT2D eigenvalue weighted by molar-refractivity contribution is -0.0207. The smallest absolute Gasteiger partial charge is 0.317 e. The van der Waals surface area contributed by atoms with Gasteiger partial charge >= 0.3 is 6.03 Å². The second-order valence-electron chi connectivity index (χ2n) is 6.06. The zero-order valence-corrected chi connectivity index (χ0v) is 13.4. The number of hydrogen-bond donors (Lipinski definition) is 1. The van der Waals surface area contributed by atoms with Crippen molar-refractivity contribution in [3.8, 4) is 0 Å². The zero-order chi connectivity index (χ0) is 14.8. The van der Waals surface area contributed by atoms with Gasteiger partial charge in [0.25, 0.3) is 0 Å². The molecule has 1 aromatic heterocycles. The second kappa shape index (κ2) is 6.34. The molecule has 6 heteroatoms. The molecule has 1 N–H and O–H groups in total. The molecule has 0 saturated carbocycles. The van der Waals surface area contributed by atoms with Crippen LogP contribution in [-0.4, -0.2) is 61.3 Å². The van der Waals surface area contributed by atoms with Crippen molar-refractivity contribution in [3.63, 3.8) is 0 Å². The van der Waals surface area contributed by atoms with Gasteiger partial charge in [-0.15, -0.1) is 0 Å². The van der Waals surface area contributed by atoms with E-state index in [1.807, 2.05) is 0 Å². The first-order chi connectivity index (χ1) is 10.1. The van der Waals surface area contributed by atoms with Crippen molar-refractivity contribution in [3.05, 3.63) is 22.4 Å². The third-order valence-electron chi connectivity index (χ3n) is 4.31. The maximum Gasteiger partial charge on any atom is 0.317 e. The van der Waals surface area contributed by atoms with Crippen LogP contribution < -0.4 is 5.32 Å². The summed E-state index contributed by atoms with van der Waals surface area (Å²) in [5.41, 5.74) is 1.35. The van der Waals surface area contributed by atoms with Crippen LogP contribution in [0.3, 0.4) is 0 Å². The predicted molar refractivity (Wildman–Crippen MR) is 83.5 cm³/mol. The molecular weight excluding hydrogens is 286 g/mol. The molecule has 0 spiro atoms. The molecule has 2 aliphatic rings. The number of rotatable bonds is 3. The summed E-state index contributed by atoms with van der Waals surface area (Å²) in [4.78, 5) is 16.0.